The minimum absolute atomic E-state index is 0.0493. The molecular weight excluding hydrogens is 362 g/mol. The molecule has 1 unspecified atom stereocenters. The Hall–Kier alpha value is -2.16. The molecule has 1 N–H and O–H groups in total. The van der Waals surface area contributed by atoms with Crippen molar-refractivity contribution in [3.05, 3.63) is 60.4 Å². The highest BCUT2D eigenvalue weighted by Gasteiger charge is 2.22. The van der Waals surface area contributed by atoms with Crippen LogP contribution in [-0.4, -0.2) is 23.1 Å². The first-order chi connectivity index (χ1) is 11.7. The van der Waals surface area contributed by atoms with Crippen LogP contribution in [0.3, 0.4) is 0 Å². The second-order valence-electron chi connectivity index (χ2n) is 5.78. The summed E-state index contributed by atoms with van der Waals surface area (Å²) in [6, 6.07) is 13.8. The number of hydrogen-bond donors (Lipinski definition) is 1. The lowest BCUT2D eigenvalue weighted by molar-refractivity contribution is 0.484. The maximum Gasteiger partial charge on any atom is 0.241 e. The molecule has 0 spiro atoms. The molecule has 1 heterocycles. The molecular formula is C17H17NO5S2. The zero-order valence-electron chi connectivity index (χ0n) is 13.6. The molecule has 0 saturated carbocycles. The third-order valence-corrected chi connectivity index (χ3v) is 6.40. The van der Waals surface area contributed by atoms with E-state index in [2.05, 4.69) is 4.72 Å². The third kappa shape index (κ3) is 3.76. The molecule has 0 bridgehead atoms. The van der Waals surface area contributed by atoms with E-state index in [9.17, 15) is 16.8 Å². The number of fused-ring (bicyclic) bond motifs is 1. The van der Waals surface area contributed by atoms with Gasteiger partial charge in [-0.3, -0.25) is 0 Å². The Bertz CT molecular complexity index is 1100. The molecule has 0 aliphatic heterocycles. The highest BCUT2D eigenvalue weighted by molar-refractivity contribution is 7.91. The molecule has 8 heteroatoms. The first kappa shape index (κ1) is 17.7. The molecule has 0 aliphatic carbocycles. The lowest BCUT2D eigenvalue weighted by Gasteiger charge is -2.12. The molecule has 3 aromatic rings. The number of benzene rings is 2. The van der Waals surface area contributed by atoms with Crippen molar-refractivity contribution in [1.82, 2.24) is 4.72 Å². The number of sulfonamides is 1. The normalized spacial score (nSPS) is 13.8. The molecule has 0 amide bonds. The van der Waals surface area contributed by atoms with Gasteiger partial charge >= 0.3 is 0 Å². The Labute approximate surface area is 146 Å². The molecule has 25 heavy (non-hydrogen) atoms. The van der Waals surface area contributed by atoms with Gasteiger partial charge in [-0.15, -0.1) is 0 Å². The van der Waals surface area contributed by atoms with Crippen LogP contribution in [0.5, 0.6) is 0 Å². The largest absolute Gasteiger partial charge is 0.459 e. The van der Waals surface area contributed by atoms with Gasteiger partial charge in [0.2, 0.25) is 10.0 Å². The van der Waals surface area contributed by atoms with E-state index in [1.165, 1.54) is 18.2 Å². The second-order valence-corrected chi connectivity index (χ2v) is 9.51. The van der Waals surface area contributed by atoms with Gasteiger partial charge in [-0.2, -0.15) is 0 Å². The fraction of sp³-hybridized carbons (Fsp3) is 0.176. The van der Waals surface area contributed by atoms with Gasteiger partial charge in [0.15, 0.2) is 9.84 Å². The number of nitrogens with one attached hydrogen (secondary N) is 1. The summed E-state index contributed by atoms with van der Waals surface area (Å²) >= 11 is 0. The van der Waals surface area contributed by atoms with Crippen molar-refractivity contribution in [1.29, 1.82) is 0 Å². The fourth-order valence-electron chi connectivity index (χ4n) is 2.45. The summed E-state index contributed by atoms with van der Waals surface area (Å²) in [5.41, 5.74) is 0.669. The van der Waals surface area contributed by atoms with Crippen molar-refractivity contribution in [3.8, 4) is 0 Å². The Morgan fingerprint density at radius 1 is 0.920 bits per heavy atom. The van der Waals surface area contributed by atoms with Crippen molar-refractivity contribution in [3.63, 3.8) is 0 Å². The van der Waals surface area contributed by atoms with Crippen LogP contribution in [0.2, 0.25) is 0 Å². The van der Waals surface area contributed by atoms with Crippen molar-refractivity contribution in [2.45, 2.75) is 22.8 Å². The standard InChI is InChI=1S/C17H17NO5S2/c1-12(17-10-13-6-3-4-9-16(13)23-17)18-25(21,22)15-8-5-7-14(11-15)24(2,19)20/h3-12,18H,1-2H3. The van der Waals surface area contributed by atoms with Gasteiger partial charge in [0.1, 0.15) is 11.3 Å². The quantitative estimate of drug-likeness (QED) is 0.736. The van der Waals surface area contributed by atoms with Crippen LogP contribution in [0, 0.1) is 0 Å². The molecule has 6 nitrogen and oxygen atoms in total. The lowest BCUT2D eigenvalue weighted by atomic mass is 10.2. The zero-order valence-corrected chi connectivity index (χ0v) is 15.3. The molecule has 3 rings (SSSR count). The van der Waals surface area contributed by atoms with Gasteiger partial charge < -0.3 is 4.42 Å². The van der Waals surface area contributed by atoms with Crippen LogP contribution in [0.1, 0.15) is 18.7 Å². The number of hydrogen-bond acceptors (Lipinski definition) is 5. The molecule has 1 atom stereocenters. The number of rotatable bonds is 5. The molecule has 0 radical (unpaired) electrons. The molecule has 0 saturated heterocycles. The molecule has 1 aromatic heterocycles. The summed E-state index contributed by atoms with van der Waals surface area (Å²) in [4.78, 5) is -0.162. The van der Waals surface area contributed by atoms with E-state index in [4.69, 9.17) is 4.42 Å². The van der Waals surface area contributed by atoms with Crippen molar-refractivity contribution >= 4 is 30.8 Å². The third-order valence-electron chi connectivity index (χ3n) is 3.75. The summed E-state index contributed by atoms with van der Waals surface area (Å²) in [6.07, 6.45) is 1.03. The van der Waals surface area contributed by atoms with E-state index in [1.807, 2.05) is 18.2 Å². The van der Waals surface area contributed by atoms with E-state index in [-0.39, 0.29) is 9.79 Å². The Morgan fingerprint density at radius 2 is 1.60 bits per heavy atom. The fourth-order valence-corrected chi connectivity index (χ4v) is 4.45. The van der Waals surface area contributed by atoms with Crippen LogP contribution in [0.4, 0.5) is 0 Å². The highest BCUT2D eigenvalue weighted by atomic mass is 32.2. The monoisotopic (exact) mass is 379 g/mol. The van der Waals surface area contributed by atoms with E-state index >= 15 is 0 Å². The Morgan fingerprint density at radius 3 is 2.28 bits per heavy atom. The summed E-state index contributed by atoms with van der Waals surface area (Å²) in [7, 11) is -7.40. The summed E-state index contributed by atoms with van der Waals surface area (Å²) in [5.74, 6) is 0.476. The lowest BCUT2D eigenvalue weighted by Crippen LogP contribution is -2.26. The minimum atomic E-state index is -3.90. The average Bonchev–Trinajstić information content (AvgIpc) is 2.98. The predicted molar refractivity (Wildman–Crippen MR) is 94.5 cm³/mol. The predicted octanol–water partition coefficient (Wildman–Crippen LogP) is 2.88. The summed E-state index contributed by atoms with van der Waals surface area (Å²) < 4.78 is 56.6. The van der Waals surface area contributed by atoms with Crippen molar-refractivity contribution in [2.24, 2.45) is 0 Å². The van der Waals surface area contributed by atoms with E-state index in [1.54, 1.807) is 19.1 Å². The maximum atomic E-state index is 12.6. The van der Waals surface area contributed by atoms with Crippen LogP contribution < -0.4 is 4.72 Å². The van der Waals surface area contributed by atoms with Crippen molar-refractivity contribution < 1.29 is 21.3 Å². The van der Waals surface area contributed by atoms with Crippen LogP contribution in [-0.2, 0) is 19.9 Å². The molecule has 0 aliphatic rings. The number of furan rings is 1. The summed E-state index contributed by atoms with van der Waals surface area (Å²) in [5, 5.41) is 0.877. The van der Waals surface area contributed by atoms with Gasteiger partial charge in [-0.1, -0.05) is 24.3 Å². The van der Waals surface area contributed by atoms with Gasteiger partial charge in [-0.25, -0.2) is 21.6 Å². The van der Waals surface area contributed by atoms with Crippen LogP contribution in [0.25, 0.3) is 11.0 Å². The minimum Gasteiger partial charge on any atom is -0.459 e. The van der Waals surface area contributed by atoms with E-state index in [0.717, 1.165) is 17.7 Å². The molecule has 132 valence electrons. The Balaban J connectivity index is 1.90. The van der Waals surface area contributed by atoms with Crippen LogP contribution in [0.15, 0.2) is 68.8 Å². The topological polar surface area (TPSA) is 93.5 Å². The van der Waals surface area contributed by atoms with Gasteiger partial charge in [-0.05, 0) is 37.3 Å². The van der Waals surface area contributed by atoms with E-state index < -0.39 is 25.9 Å². The first-order valence-corrected chi connectivity index (χ1v) is 10.9. The average molecular weight is 379 g/mol. The molecule has 2 aromatic carbocycles. The number of para-hydroxylation sites is 1. The highest BCUT2D eigenvalue weighted by Crippen LogP contribution is 2.25. The SMILES string of the molecule is CC(NS(=O)(=O)c1cccc(S(C)(=O)=O)c1)c1cc2ccccc2o1. The van der Waals surface area contributed by atoms with Gasteiger partial charge in [0.25, 0.3) is 0 Å². The van der Waals surface area contributed by atoms with E-state index in [0.29, 0.717) is 11.3 Å². The summed E-state index contributed by atoms with van der Waals surface area (Å²) in [6.45, 7) is 1.66. The van der Waals surface area contributed by atoms with Crippen molar-refractivity contribution in [2.75, 3.05) is 6.26 Å². The van der Waals surface area contributed by atoms with Gasteiger partial charge in [0.05, 0.1) is 15.8 Å². The van der Waals surface area contributed by atoms with Crippen LogP contribution >= 0.6 is 0 Å². The first-order valence-electron chi connectivity index (χ1n) is 7.48. The number of sulfone groups is 1. The van der Waals surface area contributed by atoms with Gasteiger partial charge in [0, 0.05) is 11.6 Å². The zero-order chi connectivity index (χ0) is 18.2. The smallest absolute Gasteiger partial charge is 0.241 e. The maximum absolute atomic E-state index is 12.6. The Kier molecular flexibility index (Phi) is 4.44. The second kappa shape index (κ2) is 6.29. The molecule has 0 fully saturated rings.